The number of hydrogen-bond donors (Lipinski definition) is 2. The Morgan fingerprint density at radius 1 is 1.03 bits per heavy atom. The van der Waals surface area contributed by atoms with Gasteiger partial charge in [-0.25, -0.2) is 4.98 Å². The molecule has 0 amide bonds. The molecule has 7 heteroatoms. The number of aryl methyl sites for hydroxylation is 1. The summed E-state index contributed by atoms with van der Waals surface area (Å²) in [5, 5.41) is 6.64. The maximum Gasteiger partial charge on any atom is 0.213 e. The predicted molar refractivity (Wildman–Crippen MR) is 116 cm³/mol. The number of pyridine rings is 1. The molecule has 0 saturated heterocycles. The van der Waals surface area contributed by atoms with Crippen molar-refractivity contribution in [3.05, 3.63) is 53.2 Å². The number of guanidine groups is 1. The normalized spacial score (nSPS) is 11.2. The molecule has 7 nitrogen and oxygen atoms in total. The Morgan fingerprint density at radius 2 is 1.86 bits per heavy atom. The van der Waals surface area contributed by atoms with E-state index in [-0.39, 0.29) is 0 Å². The van der Waals surface area contributed by atoms with Gasteiger partial charge in [0.05, 0.1) is 13.2 Å². The van der Waals surface area contributed by atoms with Crippen LogP contribution in [-0.4, -0.2) is 44.9 Å². The molecule has 0 fully saturated rings. The Labute approximate surface area is 173 Å². The first-order valence-corrected chi connectivity index (χ1v) is 9.89. The minimum Gasteiger partial charge on any atom is -0.493 e. The maximum atomic E-state index is 5.88. The molecule has 2 rings (SSSR count). The number of benzene rings is 1. The van der Waals surface area contributed by atoms with Crippen molar-refractivity contribution in [2.75, 3.05) is 34.0 Å². The Hall–Kier alpha value is -2.80. The summed E-state index contributed by atoms with van der Waals surface area (Å²) in [4.78, 5) is 8.59. The molecule has 0 aliphatic heterocycles. The quantitative estimate of drug-likeness (QED) is 0.343. The fourth-order valence-corrected chi connectivity index (χ4v) is 2.57. The Morgan fingerprint density at radius 3 is 2.55 bits per heavy atom. The number of nitrogens with zero attached hydrogens (tertiary/aromatic N) is 2. The fraction of sp³-hybridized carbons (Fsp3) is 0.455. The van der Waals surface area contributed by atoms with Crippen molar-refractivity contribution in [3.8, 4) is 11.6 Å². The third kappa shape index (κ3) is 7.99. The number of ether oxygens (including phenoxy) is 3. The molecule has 2 aromatic rings. The van der Waals surface area contributed by atoms with Crippen molar-refractivity contribution in [2.45, 2.75) is 33.4 Å². The van der Waals surface area contributed by atoms with Crippen LogP contribution in [0.1, 0.15) is 30.0 Å². The molecule has 0 aliphatic carbocycles. The molecule has 0 saturated carbocycles. The van der Waals surface area contributed by atoms with Crippen molar-refractivity contribution in [1.82, 2.24) is 15.6 Å². The van der Waals surface area contributed by atoms with E-state index in [1.807, 2.05) is 12.1 Å². The Kier molecular flexibility index (Phi) is 9.78. The lowest BCUT2D eigenvalue weighted by atomic mass is 10.1. The highest BCUT2D eigenvalue weighted by atomic mass is 16.5. The third-order valence-electron chi connectivity index (χ3n) is 4.15. The van der Waals surface area contributed by atoms with E-state index in [9.17, 15) is 0 Å². The number of aliphatic imine (C=N–C) groups is 1. The van der Waals surface area contributed by atoms with Crippen LogP contribution < -0.4 is 20.1 Å². The second-order valence-corrected chi connectivity index (χ2v) is 6.58. The SMILES string of the molecule is CCCOc1cc(C)ccc1CNC(=NC)NCc1ccc(OCCOC)nc1. The summed E-state index contributed by atoms with van der Waals surface area (Å²) in [5.74, 6) is 2.22. The summed E-state index contributed by atoms with van der Waals surface area (Å²) in [6, 6.07) is 10.1. The van der Waals surface area contributed by atoms with Gasteiger partial charge >= 0.3 is 0 Å². The summed E-state index contributed by atoms with van der Waals surface area (Å²) in [6.45, 7) is 7.15. The van der Waals surface area contributed by atoms with E-state index in [1.165, 1.54) is 5.56 Å². The van der Waals surface area contributed by atoms with Gasteiger partial charge < -0.3 is 24.8 Å². The minimum atomic E-state index is 0.487. The van der Waals surface area contributed by atoms with Crippen molar-refractivity contribution >= 4 is 5.96 Å². The van der Waals surface area contributed by atoms with Crippen LogP contribution in [-0.2, 0) is 17.8 Å². The van der Waals surface area contributed by atoms with Crippen LogP contribution in [0, 0.1) is 6.92 Å². The standard InChI is InChI=1S/C22H32N4O3/c1-5-10-28-20-13-17(2)6-8-19(20)16-26-22(23-3)25-15-18-7-9-21(24-14-18)29-12-11-27-4/h6-9,13-14H,5,10-12,15-16H2,1-4H3,(H2,23,25,26). The zero-order valence-electron chi connectivity index (χ0n) is 17.8. The zero-order valence-corrected chi connectivity index (χ0v) is 17.8. The lowest BCUT2D eigenvalue weighted by Crippen LogP contribution is -2.36. The number of aromatic nitrogens is 1. The van der Waals surface area contributed by atoms with Gasteiger partial charge in [0.25, 0.3) is 0 Å². The molecule has 0 bridgehead atoms. The van der Waals surface area contributed by atoms with Gasteiger partial charge in [-0.3, -0.25) is 4.99 Å². The third-order valence-corrected chi connectivity index (χ3v) is 4.15. The molecule has 2 N–H and O–H groups in total. The largest absolute Gasteiger partial charge is 0.493 e. The molecular weight excluding hydrogens is 368 g/mol. The second-order valence-electron chi connectivity index (χ2n) is 6.58. The molecule has 29 heavy (non-hydrogen) atoms. The van der Waals surface area contributed by atoms with Crippen LogP contribution in [0.2, 0.25) is 0 Å². The van der Waals surface area contributed by atoms with Gasteiger partial charge in [-0.05, 0) is 30.5 Å². The zero-order chi connectivity index (χ0) is 20.9. The molecule has 1 aromatic heterocycles. The molecule has 1 heterocycles. The first-order chi connectivity index (χ1) is 14.2. The van der Waals surface area contributed by atoms with E-state index in [4.69, 9.17) is 14.2 Å². The Bertz CT molecular complexity index is 763. The van der Waals surface area contributed by atoms with Crippen LogP contribution in [0.4, 0.5) is 0 Å². The number of methoxy groups -OCH3 is 1. The second kappa shape index (κ2) is 12.6. The first kappa shape index (κ1) is 22.5. The van der Waals surface area contributed by atoms with E-state index >= 15 is 0 Å². The van der Waals surface area contributed by atoms with Gasteiger partial charge in [-0.2, -0.15) is 0 Å². The molecule has 158 valence electrons. The van der Waals surface area contributed by atoms with Crippen molar-refractivity contribution in [3.63, 3.8) is 0 Å². The minimum absolute atomic E-state index is 0.487. The average Bonchev–Trinajstić information content (AvgIpc) is 2.74. The highest BCUT2D eigenvalue weighted by molar-refractivity contribution is 5.79. The fourth-order valence-electron chi connectivity index (χ4n) is 2.57. The van der Waals surface area contributed by atoms with E-state index in [1.54, 1.807) is 20.4 Å². The van der Waals surface area contributed by atoms with Crippen LogP contribution in [0.25, 0.3) is 0 Å². The van der Waals surface area contributed by atoms with Crippen LogP contribution in [0.15, 0.2) is 41.5 Å². The van der Waals surface area contributed by atoms with Gasteiger partial charge in [0.2, 0.25) is 5.88 Å². The predicted octanol–water partition coefficient (Wildman–Crippen LogP) is 3.07. The maximum absolute atomic E-state index is 5.88. The van der Waals surface area contributed by atoms with Crippen molar-refractivity contribution in [2.24, 2.45) is 4.99 Å². The molecule has 0 radical (unpaired) electrons. The summed E-state index contributed by atoms with van der Waals surface area (Å²) in [6.07, 6.45) is 2.77. The molecule has 1 aromatic carbocycles. The van der Waals surface area contributed by atoms with Gasteiger partial charge in [-0.1, -0.05) is 25.1 Å². The number of hydrogen-bond acceptors (Lipinski definition) is 5. The van der Waals surface area contributed by atoms with E-state index in [0.717, 1.165) is 23.3 Å². The van der Waals surface area contributed by atoms with E-state index in [0.29, 0.717) is 44.7 Å². The van der Waals surface area contributed by atoms with Gasteiger partial charge in [-0.15, -0.1) is 0 Å². The molecule has 0 spiro atoms. The monoisotopic (exact) mass is 400 g/mol. The molecule has 0 aliphatic rings. The highest BCUT2D eigenvalue weighted by Gasteiger charge is 2.06. The van der Waals surface area contributed by atoms with Gasteiger partial charge in [0, 0.05) is 45.1 Å². The smallest absolute Gasteiger partial charge is 0.213 e. The van der Waals surface area contributed by atoms with E-state index in [2.05, 4.69) is 52.7 Å². The van der Waals surface area contributed by atoms with E-state index < -0.39 is 0 Å². The van der Waals surface area contributed by atoms with Crippen molar-refractivity contribution in [1.29, 1.82) is 0 Å². The van der Waals surface area contributed by atoms with Crippen LogP contribution in [0.3, 0.4) is 0 Å². The summed E-state index contributed by atoms with van der Waals surface area (Å²) < 4.78 is 16.3. The molecular formula is C22H32N4O3. The molecule has 0 unspecified atom stereocenters. The summed E-state index contributed by atoms with van der Waals surface area (Å²) in [7, 11) is 3.40. The highest BCUT2D eigenvalue weighted by Crippen LogP contribution is 2.20. The average molecular weight is 401 g/mol. The van der Waals surface area contributed by atoms with Crippen LogP contribution in [0.5, 0.6) is 11.6 Å². The number of nitrogens with one attached hydrogen (secondary N) is 2. The van der Waals surface area contributed by atoms with Gasteiger partial charge in [0.1, 0.15) is 12.4 Å². The van der Waals surface area contributed by atoms with Gasteiger partial charge in [0.15, 0.2) is 5.96 Å². The molecule has 0 atom stereocenters. The number of rotatable bonds is 11. The topological polar surface area (TPSA) is 77.0 Å². The lowest BCUT2D eigenvalue weighted by Gasteiger charge is -2.15. The first-order valence-electron chi connectivity index (χ1n) is 9.89. The summed E-state index contributed by atoms with van der Waals surface area (Å²) >= 11 is 0. The lowest BCUT2D eigenvalue weighted by molar-refractivity contribution is 0.143. The summed E-state index contributed by atoms with van der Waals surface area (Å²) in [5.41, 5.74) is 3.32. The van der Waals surface area contributed by atoms with Crippen molar-refractivity contribution < 1.29 is 14.2 Å². The van der Waals surface area contributed by atoms with Crippen LogP contribution >= 0.6 is 0 Å². The Balaban J connectivity index is 1.85.